The Morgan fingerprint density at radius 2 is 1.71 bits per heavy atom. The highest BCUT2D eigenvalue weighted by Crippen LogP contribution is 2.29. The monoisotopic (exact) mass is 463 g/mol. The molecule has 0 unspecified atom stereocenters. The third-order valence-electron chi connectivity index (χ3n) is 5.06. The molecule has 0 spiro atoms. The number of hydrogen-bond acceptors (Lipinski definition) is 4. The van der Waals surface area contributed by atoms with Crippen molar-refractivity contribution < 1.29 is 19.8 Å². The summed E-state index contributed by atoms with van der Waals surface area (Å²) in [5.41, 5.74) is 4.25. The number of aromatic nitrogens is 1. The van der Waals surface area contributed by atoms with Crippen LogP contribution in [0.4, 0.5) is 16.2 Å². The van der Waals surface area contributed by atoms with Crippen molar-refractivity contribution in [1.29, 1.82) is 0 Å². The zero-order valence-corrected chi connectivity index (χ0v) is 18.5. The van der Waals surface area contributed by atoms with E-state index in [1.807, 2.05) is 36.4 Å². The van der Waals surface area contributed by atoms with E-state index in [2.05, 4.69) is 27.5 Å². The minimum Gasteiger partial charge on any atom is -0.506 e. The molecule has 1 aromatic heterocycles. The normalized spacial score (nSPS) is 10.1. The first-order valence-corrected chi connectivity index (χ1v) is 10.7. The Labute approximate surface area is 202 Å². The van der Waals surface area contributed by atoms with E-state index in [4.69, 9.17) is 0 Å². The summed E-state index contributed by atoms with van der Waals surface area (Å²) in [5, 5.41) is 24.9. The third kappa shape index (κ3) is 6.03. The number of nitrogens with zero attached hydrogens (tertiary/aromatic N) is 1. The van der Waals surface area contributed by atoms with Gasteiger partial charge in [-0.2, -0.15) is 0 Å². The molecule has 172 valence electrons. The van der Waals surface area contributed by atoms with Crippen molar-refractivity contribution in [3.05, 3.63) is 108 Å². The predicted molar refractivity (Wildman–Crippen MR) is 134 cm³/mol. The zero-order valence-electron chi connectivity index (χ0n) is 18.5. The van der Waals surface area contributed by atoms with Gasteiger partial charge in [-0.25, -0.2) is 4.79 Å². The molecule has 7 nitrogen and oxygen atoms in total. The number of phenols is 1. The van der Waals surface area contributed by atoms with Gasteiger partial charge in [-0.3, -0.25) is 9.78 Å². The number of aromatic hydroxyl groups is 1. The fraction of sp³-hybridized carbons (Fsp3) is 0.0357. The molecule has 0 radical (unpaired) electrons. The Hall–Kier alpha value is -5.09. The summed E-state index contributed by atoms with van der Waals surface area (Å²) in [7, 11) is 0. The molecule has 0 aliphatic carbocycles. The summed E-state index contributed by atoms with van der Waals surface area (Å²) in [6.07, 6.45) is 2.98. The van der Waals surface area contributed by atoms with Crippen LogP contribution in [0.2, 0.25) is 0 Å². The molecule has 0 saturated heterocycles. The number of carboxylic acid groups (broad SMARTS) is 1. The molecule has 0 aliphatic rings. The predicted octanol–water partition coefficient (Wildman–Crippen LogP) is 5.13. The van der Waals surface area contributed by atoms with Crippen LogP contribution in [0.15, 0.2) is 91.3 Å². The fourth-order valence-corrected chi connectivity index (χ4v) is 3.54. The summed E-state index contributed by atoms with van der Waals surface area (Å²) in [6, 6.07) is 22.4. The van der Waals surface area contributed by atoms with Gasteiger partial charge in [-0.15, -0.1) is 0 Å². The number of carbonyl (C=O) groups excluding carboxylic acids is 1. The molecule has 1 heterocycles. The first-order chi connectivity index (χ1) is 17.0. The van der Waals surface area contributed by atoms with Gasteiger partial charge in [0.25, 0.3) is 0 Å². The van der Waals surface area contributed by atoms with Gasteiger partial charge in [-0.05, 0) is 47.5 Å². The minimum absolute atomic E-state index is 0.123. The van der Waals surface area contributed by atoms with Crippen molar-refractivity contribution in [2.45, 2.75) is 6.42 Å². The lowest BCUT2D eigenvalue weighted by Gasteiger charge is -2.11. The number of rotatable bonds is 5. The van der Waals surface area contributed by atoms with E-state index in [0.717, 1.165) is 11.1 Å². The number of benzene rings is 3. The van der Waals surface area contributed by atoms with Crippen molar-refractivity contribution >= 4 is 23.4 Å². The minimum atomic E-state index is -0.923. The van der Waals surface area contributed by atoms with Crippen LogP contribution >= 0.6 is 0 Å². The SMILES string of the molecule is O=C(O)Cc1cccc(C#Cc2ccc(NC(=O)Nc3cccnc3)c(O)c2)c1-c1ccccc1. The molecule has 0 fully saturated rings. The Balaban J connectivity index is 1.58. The van der Waals surface area contributed by atoms with Gasteiger partial charge in [0.15, 0.2) is 0 Å². The number of phenolic OH excluding ortho intramolecular Hbond substituents is 1. The van der Waals surface area contributed by atoms with Crippen LogP contribution in [0.5, 0.6) is 5.75 Å². The lowest BCUT2D eigenvalue weighted by Crippen LogP contribution is -2.19. The average Bonchev–Trinajstić information content (AvgIpc) is 2.85. The molecule has 2 amide bonds. The largest absolute Gasteiger partial charge is 0.506 e. The van der Waals surface area contributed by atoms with E-state index >= 15 is 0 Å². The van der Waals surface area contributed by atoms with Gasteiger partial charge in [0.2, 0.25) is 0 Å². The summed E-state index contributed by atoms with van der Waals surface area (Å²) in [6.45, 7) is 0. The smallest absolute Gasteiger partial charge is 0.323 e. The summed E-state index contributed by atoms with van der Waals surface area (Å²) in [4.78, 5) is 27.5. The molecule has 4 aromatic rings. The molecular weight excluding hydrogens is 442 g/mol. The van der Waals surface area contributed by atoms with Crippen molar-refractivity contribution in [1.82, 2.24) is 4.98 Å². The van der Waals surface area contributed by atoms with Crippen molar-refractivity contribution in [3.8, 4) is 28.7 Å². The van der Waals surface area contributed by atoms with Gasteiger partial charge in [0, 0.05) is 22.9 Å². The second kappa shape index (κ2) is 10.7. The molecule has 0 bridgehead atoms. The average molecular weight is 463 g/mol. The van der Waals surface area contributed by atoms with Crippen LogP contribution in [0.1, 0.15) is 16.7 Å². The van der Waals surface area contributed by atoms with Gasteiger partial charge < -0.3 is 20.8 Å². The van der Waals surface area contributed by atoms with E-state index in [-0.39, 0.29) is 17.9 Å². The first kappa shape index (κ1) is 23.1. The number of urea groups is 1. The number of nitrogens with one attached hydrogen (secondary N) is 2. The molecule has 4 rings (SSSR count). The van der Waals surface area contributed by atoms with Crippen LogP contribution in [0.3, 0.4) is 0 Å². The van der Waals surface area contributed by atoms with E-state index < -0.39 is 12.0 Å². The third-order valence-corrected chi connectivity index (χ3v) is 5.06. The van der Waals surface area contributed by atoms with Crippen LogP contribution in [-0.4, -0.2) is 27.2 Å². The van der Waals surface area contributed by atoms with Crippen molar-refractivity contribution in [2.75, 3.05) is 10.6 Å². The topological polar surface area (TPSA) is 112 Å². The Kier molecular flexibility index (Phi) is 7.05. The number of anilines is 2. The quantitative estimate of drug-likeness (QED) is 0.242. The van der Waals surface area contributed by atoms with Crippen LogP contribution in [-0.2, 0) is 11.2 Å². The van der Waals surface area contributed by atoms with Crippen LogP contribution < -0.4 is 10.6 Å². The molecule has 0 atom stereocenters. The number of hydrogen-bond donors (Lipinski definition) is 4. The van der Waals surface area contributed by atoms with Gasteiger partial charge in [0.05, 0.1) is 24.0 Å². The highest BCUT2D eigenvalue weighted by Gasteiger charge is 2.12. The maximum absolute atomic E-state index is 12.2. The van der Waals surface area contributed by atoms with Gasteiger partial charge in [0.1, 0.15) is 5.75 Å². The second-order valence-corrected chi connectivity index (χ2v) is 7.58. The second-order valence-electron chi connectivity index (χ2n) is 7.58. The molecular formula is C28H21N3O4. The number of carboxylic acids is 1. The van der Waals surface area contributed by atoms with E-state index in [9.17, 15) is 19.8 Å². The Bertz CT molecular complexity index is 1430. The molecule has 0 aliphatic heterocycles. The van der Waals surface area contributed by atoms with Gasteiger partial charge in [-0.1, -0.05) is 54.3 Å². The summed E-state index contributed by atoms with van der Waals surface area (Å²) in [5.74, 6) is 5.06. The maximum Gasteiger partial charge on any atom is 0.323 e. The van der Waals surface area contributed by atoms with Crippen LogP contribution in [0.25, 0.3) is 11.1 Å². The molecule has 0 saturated carbocycles. The summed E-state index contributed by atoms with van der Waals surface area (Å²) < 4.78 is 0. The highest BCUT2D eigenvalue weighted by atomic mass is 16.4. The van der Waals surface area contributed by atoms with E-state index in [0.29, 0.717) is 22.4 Å². The molecule has 7 heteroatoms. The molecule has 4 N–H and O–H groups in total. The summed E-state index contributed by atoms with van der Waals surface area (Å²) >= 11 is 0. The van der Waals surface area contributed by atoms with Gasteiger partial charge >= 0.3 is 12.0 Å². The standard InChI is InChI=1S/C28H21N3O4/c32-25-16-19(12-14-24(25)31-28(35)30-23-10-5-15-29-18-23)11-13-21-8-4-9-22(17-26(33)34)27(21)20-6-2-1-3-7-20/h1-10,12,14-16,18,32H,17H2,(H,33,34)(H2,30,31,35). The van der Waals surface area contributed by atoms with Crippen molar-refractivity contribution in [2.24, 2.45) is 0 Å². The lowest BCUT2D eigenvalue weighted by atomic mass is 9.93. The van der Waals surface area contributed by atoms with E-state index in [1.165, 1.54) is 12.3 Å². The van der Waals surface area contributed by atoms with Crippen LogP contribution in [0, 0.1) is 11.8 Å². The number of pyridine rings is 1. The number of aliphatic carboxylic acids is 1. The first-order valence-electron chi connectivity index (χ1n) is 10.7. The fourth-order valence-electron chi connectivity index (χ4n) is 3.54. The maximum atomic E-state index is 12.2. The lowest BCUT2D eigenvalue weighted by molar-refractivity contribution is -0.136. The zero-order chi connectivity index (χ0) is 24.6. The Morgan fingerprint density at radius 1 is 0.886 bits per heavy atom. The Morgan fingerprint density at radius 3 is 2.43 bits per heavy atom. The molecule has 35 heavy (non-hydrogen) atoms. The number of amides is 2. The highest BCUT2D eigenvalue weighted by molar-refractivity contribution is 6.00. The molecule has 3 aromatic carbocycles. The number of carbonyl (C=O) groups is 2. The van der Waals surface area contributed by atoms with Crippen molar-refractivity contribution in [3.63, 3.8) is 0 Å². The van der Waals surface area contributed by atoms with E-state index in [1.54, 1.807) is 42.6 Å².